The van der Waals surface area contributed by atoms with Crippen LogP contribution in [0.25, 0.3) is 0 Å². The van der Waals surface area contributed by atoms with Crippen LogP contribution >= 0.6 is 0 Å². The summed E-state index contributed by atoms with van der Waals surface area (Å²) in [5.74, 6) is -0.345. The van der Waals surface area contributed by atoms with Crippen molar-refractivity contribution in [1.82, 2.24) is 4.31 Å². The Labute approximate surface area is 173 Å². The first-order valence-electron chi connectivity index (χ1n) is 9.92. The maximum atomic E-state index is 13.0. The summed E-state index contributed by atoms with van der Waals surface area (Å²) in [6, 6.07) is 4.89. The number of hydrogen-bond donors (Lipinski definition) is 1. The van der Waals surface area contributed by atoms with Gasteiger partial charge in [-0.05, 0) is 51.3 Å². The Hall–Kier alpha value is -1.97. The normalized spacial score (nSPS) is 16.1. The lowest BCUT2D eigenvalue weighted by Crippen LogP contribution is -2.40. The molecule has 1 fully saturated rings. The van der Waals surface area contributed by atoms with E-state index in [0.717, 1.165) is 12.8 Å². The number of hydrogen-bond acceptors (Lipinski definition) is 6. The highest BCUT2D eigenvalue weighted by Gasteiger charge is 2.28. The minimum Gasteiger partial charge on any atom is -0.382 e. The maximum absolute atomic E-state index is 13.0. The van der Waals surface area contributed by atoms with Gasteiger partial charge >= 0.3 is 0 Å². The Morgan fingerprint density at radius 2 is 2.00 bits per heavy atom. The third-order valence-corrected chi connectivity index (χ3v) is 6.56. The number of rotatable bonds is 9. The van der Waals surface area contributed by atoms with Crippen LogP contribution in [0.4, 0.5) is 5.69 Å². The summed E-state index contributed by atoms with van der Waals surface area (Å²) < 4.78 is 32.7. The first-order valence-corrected chi connectivity index (χ1v) is 11.4. The minimum absolute atomic E-state index is 0.186. The van der Waals surface area contributed by atoms with Gasteiger partial charge in [0, 0.05) is 18.8 Å². The van der Waals surface area contributed by atoms with E-state index in [-0.39, 0.29) is 10.8 Å². The van der Waals surface area contributed by atoms with E-state index in [1.54, 1.807) is 32.9 Å². The number of benzene rings is 1. The number of amides is 1. The van der Waals surface area contributed by atoms with E-state index in [0.29, 0.717) is 49.7 Å². The Balaban J connectivity index is 2.21. The molecule has 0 saturated carbocycles. The van der Waals surface area contributed by atoms with E-state index in [9.17, 15) is 13.2 Å². The van der Waals surface area contributed by atoms with Gasteiger partial charge in [0.05, 0.1) is 23.8 Å². The monoisotopic (exact) mass is 425 g/mol. The van der Waals surface area contributed by atoms with Gasteiger partial charge in [-0.3, -0.25) is 4.79 Å². The molecule has 1 aliphatic heterocycles. The van der Waals surface area contributed by atoms with E-state index in [4.69, 9.17) is 9.57 Å². The summed E-state index contributed by atoms with van der Waals surface area (Å²) in [5.41, 5.74) is 1.75. The summed E-state index contributed by atoms with van der Waals surface area (Å²) in [5, 5.41) is 6.69. The smallest absolute Gasteiger partial charge is 0.268 e. The molecule has 1 heterocycles. The molecule has 1 aliphatic rings. The topological polar surface area (TPSA) is 97.3 Å². The number of aryl methyl sites for hydroxylation is 1. The van der Waals surface area contributed by atoms with Gasteiger partial charge in [-0.2, -0.15) is 4.31 Å². The van der Waals surface area contributed by atoms with Crippen LogP contribution in [0.1, 0.15) is 45.6 Å². The molecule has 0 bridgehead atoms. The van der Waals surface area contributed by atoms with E-state index in [1.165, 1.54) is 10.4 Å². The average molecular weight is 426 g/mol. The molecule has 8 nitrogen and oxygen atoms in total. The lowest BCUT2D eigenvalue weighted by Gasteiger charge is -2.27. The van der Waals surface area contributed by atoms with Crippen molar-refractivity contribution in [2.24, 2.45) is 5.16 Å². The highest BCUT2D eigenvalue weighted by atomic mass is 32.2. The molecule has 1 N–H and O–H groups in total. The molecular weight excluding hydrogens is 394 g/mol. The standard InChI is InChI=1S/C20H31N3O5S/c1-5-6-7-18(28-22-15(2)3)20(24)21-17-9-8-16(4)19(14-17)29(25,26)23-10-12-27-13-11-23/h8-9,14,18H,5-7,10-13H2,1-4H3,(H,21,24)/t18-/m1/s1. The van der Waals surface area contributed by atoms with Gasteiger partial charge in [-0.1, -0.05) is 24.6 Å². The highest BCUT2D eigenvalue weighted by Crippen LogP contribution is 2.25. The Morgan fingerprint density at radius 1 is 1.31 bits per heavy atom. The van der Waals surface area contributed by atoms with E-state index >= 15 is 0 Å². The van der Waals surface area contributed by atoms with Crippen molar-refractivity contribution >= 4 is 27.3 Å². The van der Waals surface area contributed by atoms with Crippen molar-refractivity contribution in [3.05, 3.63) is 23.8 Å². The molecule has 0 radical (unpaired) electrons. The van der Waals surface area contributed by atoms with Gasteiger partial charge in [0.15, 0.2) is 0 Å². The number of sulfonamides is 1. The van der Waals surface area contributed by atoms with Crippen LogP contribution in [0.3, 0.4) is 0 Å². The second-order valence-corrected chi connectivity index (χ2v) is 9.17. The molecule has 1 aromatic carbocycles. The second-order valence-electron chi connectivity index (χ2n) is 7.26. The van der Waals surface area contributed by atoms with Crippen LogP contribution in [-0.2, 0) is 24.4 Å². The number of ether oxygens (including phenoxy) is 1. The molecule has 0 aliphatic carbocycles. The predicted octanol–water partition coefficient (Wildman–Crippen LogP) is 2.93. The zero-order valence-corrected chi connectivity index (χ0v) is 18.4. The van der Waals surface area contributed by atoms with Crippen molar-refractivity contribution in [1.29, 1.82) is 0 Å². The number of nitrogens with one attached hydrogen (secondary N) is 1. The van der Waals surface area contributed by atoms with Gasteiger partial charge in [0.25, 0.3) is 5.91 Å². The number of nitrogens with zero attached hydrogens (tertiary/aromatic N) is 2. The number of oxime groups is 1. The zero-order valence-electron chi connectivity index (χ0n) is 17.6. The zero-order chi connectivity index (χ0) is 21.4. The minimum atomic E-state index is -3.66. The van der Waals surface area contributed by atoms with Crippen molar-refractivity contribution in [2.45, 2.75) is 58.0 Å². The predicted molar refractivity (Wildman–Crippen MR) is 113 cm³/mol. The summed E-state index contributed by atoms with van der Waals surface area (Å²) in [6.45, 7) is 8.75. The molecule has 1 atom stereocenters. The summed E-state index contributed by atoms with van der Waals surface area (Å²) in [7, 11) is -3.66. The maximum Gasteiger partial charge on any atom is 0.268 e. The molecule has 0 spiro atoms. The van der Waals surface area contributed by atoms with E-state index < -0.39 is 16.1 Å². The molecule has 2 rings (SSSR count). The molecular formula is C20H31N3O5S. The fourth-order valence-corrected chi connectivity index (χ4v) is 4.55. The first-order chi connectivity index (χ1) is 13.8. The molecule has 9 heteroatoms. The average Bonchev–Trinajstić information content (AvgIpc) is 2.69. The molecule has 29 heavy (non-hydrogen) atoms. The third-order valence-electron chi connectivity index (χ3n) is 4.52. The molecule has 0 unspecified atom stereocenters. The summed E-state index contributed by atoms with van der Waals surface area (Å²) in [6.07, 6.45) is 1.55. The van der Waals surface area contributed by atoms with Gasteiger partial charge in [0.2, 0.25) is 16.1 Å². The SMILES string of the molecule is CCCC[C@@H](ON=C(C)C)C(=O)Nc1ccc(C)c(S(=O)(=O)N2CCOCC2)c1. The molecule has 0 aromatic heterocycles. The fourth-order valence-electron chi connectivity index (χ4n) is 2.89. The van der Waals surface area contributed by atoms with Crippen LogP contribution in [-0.4, -0.2) is 56.7 Å². The Kier molecular flexibility index (Phi) is 8.60. The largest absolute Gasteiger partial charge is 0.382 e. The van der Waals surface area contributed by atoms with Gasteiger partial charge in [-0.25, -0.2) is 8.42 Å². The number of anilines is 1. The first kappa shape index (κ1) is 23.3. The van der Waals surface area contributed by atoms with Gasteiger partial charge in [-0.15, -0.1) is 0 Å². The van der Waals surface area contributed by atoms with Gasteiger partial charge < -0.3 is 14.9 Å². The molecule has 1 aromatic rings. The number of unbranched alkanes of at least 4 members (excludes halogenated alkanes) is 1. The van der Waals surface area contributed by atoms with Gasteiger partial charge in [0.1, 0.15) is 0 Å². The third kappa shape index (κ3) is 6.52. The van der Waals surface area contributed by atoms with Crippen molar-refractivity contribution < 1.29 is 22.8 Å². The fraction of sp³-hybridized carbons (Fsp3) is 0.600. The highest BCUT2D eigenvalue weighted by molar-refractivity contribution is 7.89. The van der Waals surface area contributed by atoms with Crippen LogP contribution in [0.15, 0.2) is 28.3 Å². The summed E-state index contributed by atoms with van der Waals surface area (Å²) in [4.78, 5) is 18.3. The van der Waals surface area contributed by atoms with Crippen LogP contribution in [0, 0.1) is 6.92 Å². The van der Waals surface area contributed by atoms with Crippen LogP contribution in [0.2, 0.25) is 0 Å². The van der Waals surface area contributed by atoms with Crippen LogP contribution < -0.4 is 5.32 Å². The van der Waals surface area contributed by atoms with Crippen molar-refractivity contribution in [3.63, 3.8) is 0 Å². The quantitative estimate of drug-likeness (QED) is 0.485. The number of carbonyl (C=O) groups is 1. The lowest BCUT2D eigenvalue weighted by atomic mass is 10.1. The molecule has 1 saturated heterocycles. The summed E-state index contributed by atoms with van der Waals surface area (Å²) >= 11 is 0. The molecule has 162 valence electrons. The Morgan fingerprint density at radius 3 is 2.62 bits per heavy atom. The molecule has 1 amide bonds. The van der Waals surface area contributed by atoms with Crippen LogP contribution in [0.5, 0.6) is 0 Å². The van der Waals surface area contributed by atoms with Crippen molar-refractivity contribution in [2.75, 3.05) is 31.6 Å². The number of carbonyl (C=O) groups excluding carboxylic acids is 1. The van der Waals surface area contributed by atoms with Crippen molar-refractivity contribution in [3.8, 4) is 0 Å². The second kappa shape index (κ2) is 10.7. The van der Waals surface area contributed by atoms with E-state index in [1.807, 2.05) is 6.92 Å². The lowest BCUT2D eigenvalue weighted by molar-refractivity contribution is -0.127. The Bertz CT molecular complexity index is 829. The number of morpholine rings is 1. The van der Waals surface area contributed by atoms with E-state index in [2.05, 4.69) is 10.5 Å².